The Kier molecular flexibility index (Phi) is 22.2. The molecule has 2 saturated carbocycles. The highest BCUT2D eigenvalue weighted by molar-refractivity contribution is 7.54. The van der Waals surface area contributed by atoms with E-state index in [1.807, 2.05) is 71.9 Å². The minimum Gasteiger partial charge on any atom is -0.465 e. The van der Waals surface area contributed by atoms with E-state index >= 15 is 0 Å². The van der Waals surface area contributed by atoms with E-state index in [1.165, 1.54) is 24.3 Å². The summed E-state index contributed by atoms with van der Waals surface area (Å²) in [7, 11) is -3.93. The van der Waals surface area contributed by atoms with Gasteiger partial charge in [0.2, 0.25) is 0 Å². The van der Waals surface area contributed by atoms with Crippen LogP contribution in [-0.4, -0.2) is 77.7 Å². The molecule has 71 heavy (non-hydrogen) atoms. The van der Waals surface area contributed by atoms with Gasteiger partial charge < -0.3 is 43.4 Å². The fourth-order valence-electron chi connectivity index (χ4n) is 7.64. The Morgan fingerprint density at radius 2 is 1.04 bits per heavy atom. The predicted octanol–water partition coefficient (Wildman–Crippen LogP) is 10.9. The molecule has 2 amide bonds. The molecule has 2 fully saturated rings. The minimum absolute atomic E-state index is 0.00177. The first kappa shape index (κ1) is 57.4. The third-order valence-electron chi connectivity index (χ3n) is 11.4. The molecule has 2 N–H and O–H groups in total. The highest BCUT2D eigenvalue weighted by Crippen LogP contribution is 2.50. The van der Waals surface area contributed by atoms with Gasteiger partial charge in [-0.3, -0.25) is 24.5 Å². The lowest BCUT2D eigenvalue weighted by Gasteiger charge is -2.30. The fourth-order valence-corrected chi connectivity index (χ4v) is 9.54. The van der Waals surface area contributed by atoms with Crippen LogP contribution in [-0.2, 0) is 49.2 Å². The van der Waals surface area contributed by atoms with E-state index in [0.717, 1.165) is 56.9 Å². The van der Waals surface area contributed by atoms with Crippen molar-refractivity contribution in [3.05, 3.63) is 101 Å². The van der Waals surface area contributed by atoms with Crippen LogP contribution in [0.25, 0.3) is 0 Å². The smallest absolute Gasteiger partial charge is 0.431 e. The molecule has 2 aliphatic carbocycles. The van der Waals surface area contributed by atoms with Crippen LogP contribution in [0.4, 0.5) is 15.3 Å². The molecule has 1 unspecified atom stereocenters. The molecule has 3 atom stereocenters. The zero-order valence-corrected chi connectivity index (χ0v) is 43.2. The Bertz CT molecular complexity index is 2220. The van der Waals surface area contributed by atoms with E-state index in [9.17, 15) is 38.7 Å². The Labute approximate surface area is 417 Å². The first-order valence-electron chi connectivity index (χ1n) is 24.2. The van der Waals surface area contributed by atoms with Gasteiger partial charge in [-0.05, 0) is 135 Å². The Balaban J connectivity index is 0.000000319. The second-order valence-electron chi connectivity index (χ2n) is 20.2. The second kappa shape index (κ2) is 27.4. The molecule has 0 saturated heterocycles. The van der Waals surface area contributed by atoms with Crippen LogP contribution in [0.1, 0.15) is 119 Å². The van der Waals surface area contributed by atoms with Crippen LogP contribution < -0.4 is 19.7 Å². The zero-order valence-electron chi connectivity index (χ0n) is 42.3. The van der Waals surface area contributed by atoms with Gasteiger partial charge in [0.15, 0.2) is 0 Å². The maximum Gasteiger partial charge on any atom is 0.431 e. The number of alkyl carbamates (subject to hydrolysis) is 2. The second-order valence-corrected chi connectivity index (χ2v) is 22.1. The van der Waals surface area contributed by atoms with Crippen molar-refractivity contribution < 1.29 is 66.2 Å². The van der Waals surface area contributed by atoms with Gasteiger partial charge in [0.25, 0.3) is 5.69 Å². The largest absolute Gasteiger partial charge is 0.465 e. The average molecular weight is 1010 g/mol. The molecule has 0 heterocycles. The zero-order chi connectivity index (χ0) is 52.2. The van der Waals surface area contributed by atoms with Crippen LogP contribution in [0.5, 0.6) is 11.5 Å². The van der Waals surface area contributed by atoms with Gasteiger partial charge in [0, 0.05) is 24.2 Å². The third kappa shape index (κ3) is 22.6. The highest BCUT2D eigenvalue weighted by Gasteiger charge is 2.35. The third-order valence-corrected chi connectivity index (χ3v) is 13.3. The SMILES string of the molecule is C[C@H](CC(=O)OCc1ccccc1)C(=O)OCC1CCC(NC(=O)OC(C)(C)C)CC1.C[C@H](CP(=O)(Oc1ccccc1)Oc1ccc([N+](=O)[O-])cc1)C(=O)OCC1CCC(NC(=O)OC(C)(C)C)CC1. The number of nitrogens with zero attached hydrogens (tertiary/aromatic N) is 1. The molecule has 0 aromatic heterocycles. The lowest BCUT2D eigenvalue weighted by atomic mass is 9.86. The number of benzene rings is 3. The standard InChI is InChI=1S/C28H37N2O9P.C24H35NO6/c1-20(26(31)36-18-21-10-12-22(13-11-21)29-27(32)37-28(2,3)4)19-40(35,38-24-8-6-5-7-9-24)39-25-16-14-23(15-17-25)30(33)34;1-17(14-21(26)29-15-18-8-6-5-7-9-18)22(27)30-16-19-10-12-20(13-11-19)25-23(28)31-24(2,3)4/h5-9,14-17,20-22H,10-13,18-19H2,1-4H3,(H,29,32);5-9,17,19-20H,10-16H2,1-4H3,(H,25,28)/t20-,21?,22?,40?;17-,19?,20?/m11/s1. The molecule has 0 radical (unpaired) electrons. The first-order chi connectivity index (χ1) is 33.4. The molecule has 0 bridgehead atoms. The summed E-state index contributed by atoms with van der Waals surface area (Å²) >= 11 is 0. The Morgan fingerprint density at radius 1 is 0.620 bits per heavy atom. The lowest BCUT2D eigenvalue weighted by Crippen LogP contribution is -2.41. The van der Waals surface area contributed by atoms with Crippen LogP contribution in [0.15, 0.2) is 84.9 Å². The van der Waals surface area contributed by atoms with E-state index in [2.05, 4.69) is 10.6 Å². The van der Waals surface area contributed by atoms with E-state index < -0.39 is 59.7 Å². The molecule has 2 aliphatic rings. The van der Waals surface area contributed by atoms with Crippen LogP contribution >= 0.6 is 7.60 Å². The maximum atomic E-state index is 13.8. The van der Waals surface area contributed by atoms with Crippen LogP contribution in [0.3, 0.4) is 0 Å². The molecular formula is C52H72N3O15P. The minimum atomic E-state index is -3.93. The van der Waals surface area contributed by atoms with Crippen molar-refractivity contribution in [3.8, 4) is 11.5 Å². The number of ether oxygens (including phenoxy) is 5. The summed E-state index contributed by atoms with van der Waals surface area (Å²) in [5.74, 6) is -1.86. The number of carbonyl (C=O) groups is 5. The van der Waals surface area contributed by atoms with Crippen LogP contribution in [0, 0.1) is 33.8 Å². The number of hydrogen-bond acceptors (Lipinski definition) is 15. The van der Waals surface area contributed by atoms with Gasteiger partial charge in [-0.25, -0.2) is 14.2 Å². The number of carbonyl (C=O) groups excluding carboxylic acids is 5. The van der Waals surface area contributed by atoms with Crippen molar-refractivity contribution >= 4 is 43.4 Å². The lowest BCUT2D eigenvalue weighted by molar-refractivity contribution is -0.384. The monoisotopic (exact) mass is 1010 g/mol. The Morgan fingerprint density at radius 3 is 1.48 bits per heavy atom. The van der Waals surface area contributed by atoms with Gasteiger partial charge in [-0.15, -0.1) is 0 Å². The molecule has 3 aromatic carbocycles. The maximum absolute atomic E-state index is 13.8. The normalized spacial score (nSPS) is 19.5. The molecule has 5 rings (SSSR count). The summed E-state index contributed by atoms with van der Waals surface area (Å²) in [6, 6.07) is 23.1. The van der Waals surface area contributed by atoms with E-state index in [0.29, 0.717) is 12.4 Å². The topological polar surface area (TPSA) is 234 Å². The number of esters is 3. The number of hydrogen-bond donors (Lipinski definition) is 2. The van der Waals surface area contributed by atoms with Gasteiger partial charge in [-0.2, -0.15) is 0 Å². The van der Waals surface area contributed by atoms with Crippen molar-refractivity contribution in [2.75, 3.05) is 19.4 Å². The number of nitrogens with one attached hydrogen (secondary N) is 2. The molecular weight excluding hydrogens is 938 g/mol. The number of non-ortho nitro benzene ring substituents is 1. The number of nitro benzene ring substituents is 1. The van der Waals surface area contributed by atoms with Crippen molar-refractivity contribution in [1.29, 1.82) is 0 Å². The predicted molar refractivity (Wildman–Crippen MR) is 265 cm³/mol. The summed E-state index contributed by atoms with van der Waals surface area (Å²) in [6.07, 6.45) is 5.34. The van der Waals surface area contributed by atoms with Gasteiger partial charge in [0.05, 0.1) is 42.6 Å². The molecule has 19 heteroatoms. The quantitative estimate of drug-likeness (QED) is 0.0374. The number of amides is 2. The van der Waals surface area contributed by atoms with Crippen molar-refractivity contribution in [1.82, 2.24) is 10.6 Å². The fraction of sp³-hybridized carbons (Fsp3) is 0.558. The van der Waals surface area contributed by atoms with Crippen LogP contribution in [0.2, 0.25) is 0 Å². The molecule has 3 aromatic rings. The van der Waals surface area contributed by atoms with E-state index in [4.69, 9.17) is 32.7 Å². The summed E-state index contributed by atoms with van der Waals surface area (Å²) in [6.45, 7) is 15.0. The molecule has 0 aliphatic heterocycles. The highest BCUT2D eigenvalue weighted by atomic mass is 31.2. The first-order valence-corrected chi connectivity index (χ1v) is 26.0. The molecule has 18 nitrogen and oxygen atoms in total. The number of rotatable bonds is 19. The van der Waals surface area contributed by atoms with Gasteiger partial charge in [0.1, 0.15) is 29.3 Å². The van der Waals surface area contributed by atoms with Gasteiger partial charge in [-0.1, -0.05) is 62.4 Å². The summed E-state index contributed by atoms with van der Waals surface area (Å²) in [5.41, 5.74) is -0.310. The molecule has 0 spiro atoms. The van der Waals surface area contributed by atoms with Crippen molar-refractivity contribution in [2.45, 2.75) is 143 Å². The average Bonchev–Trinajstić information content (AvgIpc) is 3.30. The van der Waals surface area contributed by atoms with E-state index in [-0.39, 0.29) is 67.1 Å². The Hall–Kier alpha value is -6.16. The number of para-hydroxylation sites is 1. The van der Waals surface area contributed by atoms with Crippen molar-refractivity contribution in [2.24, 2.45) is 23.7 Å². The van der Waals surface area contributed by atoms with Crippen molar-refractivity contribution in [3.63, 3.8) is 0 Å². The summed E-state index contributed by atoms with van der Waals surface area (Å²) in [5, 5.41) is 16.7. The number of nitro groups is 1. The summed E-state index contributed by atoms with van der Waals surface area (Å²) < 4.78 is 52.0. The summed E-state index contributed by atoms with van der Waals surface area (Å²) in [4.78, 5) is 71.3. The van der Waals surface area contributed by atoms with E-state index in [1.54, 1.807) is 44.2 Å². The van der Waals surface area contributed by atoms with Gasteiger partial charge >= 0.3 is 37.7 Å². The molecule has 390 valence electrons.